The third-order valence-electron chi connectivity index (χ3n) is 14.2. The van der Waals surface area contributed by atoms with Gasteiger partial charge in [0.15, 0.2) is 0 Å². The van der Waals surface area contributed by atoms with Gasteiger partial charge in [-0.3, -0.25) is 12.9 Å². The quantitative estimate of drug-likeness (QED) is 0.0725. The highest BCUT2D eigenvalue weighted by Gasteiger charge is 2.31. The molecule has 0 radical (unpaired) electrons. The van der Waals surface area contributed by atoms with Gasteiger partial charge >= 0.3 is 0 Å². The minimum absolute atomic E-state index is 0. The molecule has 0 aliphatic carbocycles. The number of thiophene rings is 3. The van der Waals surface area contributed by atoms with Crippen LogP contribution in [0.2, 0.25) is 0 Å². The number of benzene rings is 6. The number of nitrogens with zero attached hydrogens (tertiary/aromatic N) is 5. The van der Waals surface area contributed by atoms with Crippen LogP contribution in [-0.4, -0.2) is 97.5 Å². The fraction of sp³-hybridized carbons (Fsp3) is 0.364. The summed E-state index contributed by atoms with van der Waals surface area (Å²) < 4.78 is 101. The van der Waals surface area contributed by atoms with Crippen LogP contribution in [0.15, 0.2) is 181 Å². The Morgan fingerprint density at radius 3 is 1.16 bits per heavy atom. The predicted octanol–water partition coefficient (Wildman–Crippen LogP) is 18.4. The molecule has 0 spiro atoms. The second kappa shape index (κ2) is 33.7. The van der Waals surface area contributed by atoms with Crippen molar-refractivity contribution in [2.24, 2.45) is 0 Å². The van der Waals surface area contributed by atoms with E-state index in [2.05, 4.69) is 62.4 Å². The van der Waals surface area contributed by atoms with Crippen LogP contribution in [0.1, 0.15) is 89.0 Å². The van der Waals surface area contributed by atoms with E-state index in [9.17, 15) is 25.3 Å². The van der Waals surface area contributed by atoms with Gasteiger partial charge in [0.2, 0.25) is 0 Å². The molecular weight excluding hydrogens is 1340 g/mol. The first-order valence-corrected chi connectivity index (χ1v) is 36.3. The summed E-state index contributed by atoms with van der Waals surface area (Å²) in [7, 11) is -10.9. The first-order valence-electron chi connectivity index (χ1n) is 28.0. The zero-order chi connectivity index (χ0) is 58.6. The molecule has 0 bridgehead atoms. The lowest BCUT2D eigenvalue weighted by molar-refractivity contribution is 0.122. The molecule has 6 aromatic carbocycles. The molecule has 472 valence electrons. The molecule has 0 amide bonds. The maximum Gasteiger partial charge on any atom is 0.264 e. The zero-order valence-corrected chi connectivity index (χ0v) is 54.8. The van der Waals surface area contributed by atoms with Gasteiger partial charge in [0.1, 0.15) is 15.0 Å². The van der Waals surface area contributed by atoms with Crippen LogP contribution >= 0.6 is 65.9 Å². The third-order valence-corrected chi connectivity index (χ3v) is 25.1. The molecule has 3 aromatic heterocycles. The van der Waals surface area contributed by atoms with E-state index >= 15 is 0 Å². The molecule has 2 aliphatic heterocycles. The van der Waals surface area contributed by atoms with E-state index in [0.29, 0.717) is 60.7 Å². The number of rotatable bonds is 20. The molecule has 9 aromatic rings. The van der Waals surface area contributed by atoms with Crippen LogP contribution in [0.4, 0.5) is 26.4 Å². The summed E-state index contributed by atoms with van der Waals surface area (Å²) in [4.78, 5) is 5.42. The van der Waals surface area contributed by atoms with Crippen molar-refractivity contribution in [3.63, 3.8) is 0 Å². The SMILES string of the molecule is C.C.C.C.CCCCN(c1cc2ccccc2s1)S(=O)(=O)c1ccc(Br)cc1.CCCCN(c1cc2ccccc2s1)S(=O)(=O)c1ccc(N2CCOCC2)cc1.CCCCN(c1sc2ccccc2c1Br)S(=O)(=O)c1ccc(N2CCOCC2)cc1. The Kier molecular flexibility index (Phi) is 28.1. The Morgan fingerprint density at radius 2 is 0.782 bits per heavy atom. The summed E-state index contributed by atoms with van der Waals surface area (Å²) >= 11 is 11.6. The summed E-state index contributed by atoms with van der Waals surface area (Å²) in [5.41, 5.74) is 2.06. The number of fused-ring (bicyclic) bond motifs is 3. The largest absolute Gasteiger partial charge is 0.378 e. The van der Waals surface area contributed by atoms with Crippen LogP contribution in [0.3, 0.4) is 0 Å². The van der Waals surface area contributed by atoms with Crippen molar-refractivity contribution in [2.45, 2.75) is 104 Å². The van der Waals surface area contributed by atoms with Crippen molar-refractivity contribution in [3.8, 4) is 0 Å². The van der Waals surface area contributed by atoms with E-state index in [1.807, 2.05) is 109 Å². The molecule has 0 unspecified atom stereocenters. The van der Waals surface area contributed by atoms with Gasteiger partial charge in [-0.15, -0.1) is 34.0 Å². The standard InChI is InChI=1S/C22H25BrN2O3S2.C22H26N2O3S2.C18H18BrNO2S2.4CH4/c1-2-3-12-25(22-21(23)19-6-4-5-7-20(19)29-22)30(26,27)18-10-8-17(9-11-18)24-13-15-28-16-14-24;1-2-3-12-24(22-17-18-6-4-5-7-21(18)28-22)29(25,26)20-10-8-19(9-11-20)23-13-15-27-16-14-23;1-2-3-12-20(18-13-14-6-4-5-7-17(14)23-18)24(21,22)16-10-8-15(19)9-11-16;;;;/h4-11H,2-3,12-16H2,1H3;4-11,17H,2-3,12-16H2,1H3;4-11,13H,2-3,12H2,1H3;4*1H4. The third kappa shape index (κ3) is 17.5. The Morgan fingerprint density at radius 1 is 0.437 bits per heavy atom. The van der Waals surface area contributed by atoms with Gasteiger partial charge in [0, 0.05) is 81.1 Å². The molecule has 13 nitrogen and oxygen atoms in total. The maximum atomic E-state index is 13.6. The minimum atomic E-state index is -3.67. The highest BCUT2D eigenvalue weighted by molar-refractivity contribution is 9.11. The van der Waals surface area contributed by atoms with E-state index in [4.69, 9.17) is 9.47 Å². The summed E-state index contributed by atoms with van der Waals surface area (Å²) in [5, 5.41) is 5.47. The van der Waals surface area contributed by atoms with Gasteiger partial charge in [0.25, 0.3) is 30.1 Å². The maximum absolute atomic E-state index is 13.6. The van der Waals surface area contributed by atoms with Crippen molar-refractivity contribution < 1.29 is 34.7 Å². The first-order chi connectivity index (χ1) is 40.1. The molecule has 2 fully saturated rings. The van der Waals surface area contributed by atoms with Crippen LogP contribution in [-0.2, 0) is 39.5 Å². The molecule has 0 N–H and O–H groups in total. The van der Waals surface area contributed by atoms with Crippen LogP contribution in [0.25, 0.3) is 30.3 Å². The van der Waals surface area contributed by atoms with E-state index in [1.165, 1.54) is 34.0 Å². The van der Waals surface area contributed by atoms with E-state index < -0.39 is 30.1 Å². The molecule has 11 rings (SSSR count). The van der Waals surface area contributed by atoms with E-state index in [0.717, 1.165) is 130 Å². The second-order valence-electron chi connectivity index (χ2n) is 19.9. The topological polar surface area (TPSA) is 137 Å². The van der Waals surface area contributed by atoms with Crippen LogP contribution < -0.4 is 22.7 Å². The molecule has 2 aliphatic rings. The lowest BCUT2D eigenvalue weighted by Crippen LogP contribution is -2.36. The number of ether oxygens (including phenoxy) is 2. The highest BCUT2D eigenvalue weighted by atomic mass is 79.9. The summed E-state index contributed by atoms with van der Waals surface area (Å²) in [6.07, 6.45) is 5.24. The van der Waals surface area contributed by atoms with Crippen molar-refractivity contribution in [3.05, 3.63) is 167 Å². The monoisotopic (exact) mass is 1430 g/mol. The van der Waals surface area contributed by atoms with Gasteiger partial charge in [-0.1, -0.05) is 140 Å². The van der Waals surface area contributed by atoms with Crippen molar-refractivity contribution in [1.82, 2.24) is 0 Å². The fourth-order valence-corrected chi connectivity index (χ4v) is 19.3. The smallest absolute Gasteiger partial charge is 0.264 e. The Hall–Kier alpha value is -5.07. The van der Waals surface area contributed by atoms with Crippen molar-refractivity contribution in [2.75, 3.05) is 95.0 Å². The van der Waals surface area contributed by atoms with E-state index in [1.54, 1.807) is 61.4 Å². The number of sulfonamides is 3. The molecular formula is C66H85Br2N5O8S6. The number of unbranched alkanes of at least 4 members (excludes halogenated alkanes) is 3. The summed E-state index contributed by atoms with van der Waals surface area (Å²) in [5.74, 6) is 0. The number of hydrogen-bond acceptors (Lipinski definition) is 13. The molecule has 21 heteroatoms. The minimum Gasteiger partial charge on any atom is -0.378 e. The van der Waals surface area contributed by atoms with Gasteiger partial charge in [-0.2, -0.15) is 0 Å². The van der Waals surface area contributed by atoms with Crippen molar-refractivity contribution >= 4 is 153 Å². The fourth-order valence-electron chi connectivity index (χ4n) is 9.57. The predicted molar refractivity (Wildman–Crippen MR) is 382 cm³/mol. The summed E-state index contributed by atoms with van der Waals surface area (Å²) in [6, 6.07) is 49.3. The first kappa shape index (κ1) is 72.7. The normalized spacial score (nSPS) is 13.4. The summed E-state index contributed by atoms with van der Waals surface area (Å²) in [6.45, 7) is 13.8. The average molecular weight is 1430 g/mol. The van der Waals surface area contributed by atoms with Gasteiger partial charge < -0.3 is 19.3 Å². The number of hydrogen-bond donors (Lipinski definition) is 0. The lowest BCUT2D eigenvalue weighted by atomic mass is 10.2. The Labute approximate surface area is 548 Å². The molecule has 87 heavy (non-hydrogen) atoms. The van der Waals surface area contributed by atoms with Crippen LogP contribution in [0.5, 0.6) is 0 Å². The molecule has 0 saturated carbocycles. The Bertz CT molecular complexity index is 3840. The number of morpholine rings is 2. The number of anilines is 5. The lowest BCUT2D eigenvalue weighted by Gasteiger charge is -2.29. The zero-order valence-electron chi connectivity index (χ0n) is 46.7. The number of halogens is 2. The Balaban J connectivity index is 0.000000234. The second-order valence-corrected chi connectivity index (χ2v) is 30.3. The van der Waals surface area contributed by atoms with Gasteiger partial charge in [-0.25, -0.2) is 25.3 Å². The van der Waals surface area contributed by atoms with Gasteiger partial charge in [0.05, 0.1) is 45.6 Å². The highest BCUT2D eigenvalue weighted by Crippen LogP contribution is 2.44. The molecule has 5 heterocycles. The van der Waals surface area contributed by atoms with Crippen molar-refractivity contribution in [1.29, 1.82) is 0 Å². The van der Waals surface area contributed by atoms with E-state index in [-0.39, 0.29) is 29.7 Å². The average Bonchev–Trinajstić information content (AvgIpc) is 2.23. The van der Waals surface area contributed by atoms with Crippen LogP contribution in [0, 0.1) is 0 Å². The molecule has 0 atom stereocenters. The van der Waals surface area contributed by atoms with Gasteiger partial charge in [-0.05, 0) is 149 Å². The molecule has 2 saturated heterocycles.